The summed E-state index contributed by atoms with van der Waals surface area (Å²) in [6.07, 6.45) is -2.04. The Balaban J connectivity index is 2.88. The van der Waals surface area contributed by atoms with Crippen LogP contribution in [-0.2, 0) is 21.1 Å². The van der Waals surface area contributed by atoms with Crippen LogP contribution in [0.15, 0.2) is 18.2 Å². The van der Waals surface area contributed by atoms with Crippen molar-refractivity contribution in [2.24, 2.45) is 0 Å². The molecule has 0 fully saturated rings. The SMILES string of the molecule is COP(=S)(NCCCC(=O)O)c1ccc([N+](=O)[O-])c(C)c1. The molecular formula is C12H17N2O5PS. The molecule has 0 aliphatic rings. The quantitative estimate of drug-likeness (QED) is 0.325. The highest BCUT2D eigenvalue weighted by atomic mass is 32.4. The van der Waals surface area contributed by atoms with Crippen LogP contribution in [0.25, 0.3) is 0 Å². The van der Waals surface area contributed by atoms with E-state index >= 15 is 0 Å². The van der Waals surface area contributed by atoms with Gasteiger partial charge in [-0.25, -0.2) is 0 Å². The maximum absolute atomic E-state index is 10.8. The first-order chi connectivity index (χ1) is 9.80. The lowest BCUT2D eigenvalue weighted by Gasteiger charge is -2.22. The van der Waals surface area contributed by atoms with Crippen molar-refractivity contribution < 1.29 is 19.3 Å². The van der Waals surface area contributed by atoms with Crippen LogP contribution < -0.4 is 10.4 Å². The summed E-state index contributed by atoms with van der Waals surface area (Å²) < 4.78 is 5.38. The number of hydrogen-bond acceptors (Lipinski definition) is 5. The van der Waals surface area contributed by atoms with Gasteiger partial charge in [-0.05, 0) is 37.3 Å². The molecule has 0 bridgehead atoms. The monoisotopic (exact) mass is 332 g/mol. The molecule has 0 aliphatic carbocycles. The van der Waals surface area contributed by atoms with E-state index in [-0.39, 0.29) is 12.1 Å². The largest absolute Gasteiger partial charge is 0.481 e. The number of nitrogens with one attached hydrogen (secondary N) is 1. The summed E-state index contributed by atoms with van der Waals surface area (Å²) >= 11 is 5.48. The fourth-order valence-corrected chi connectivity index (χ4v) is 3.98. The van der Waals surface area contributed by atoms with Gasteiger partial charge in [0.2, 0.25) is 0 Å². The fourth-order valence-electron chi connectivity index (χ4n) is 1.75. The van der Waals surface area contributed by atoms with Gasteiger partial charge < -0.3 is 9.63 Å². The Labute approximate surface area is 127 Å². The standard InChI is InChI=1S/C12H17N2O5PS/c1-9-8-10(5-6-11(9)14(17)18)20(21,19-2)13-7-3-4-12(15)16/h5-6,8H,3-4,7H2,1-2H3,(H,13,21)(H,15,16). The number of nitro groups is 1. The van der Waals surface area contributed by atoms with Crippen LogP contribution in [-0.4, -0.2) is 29.7 Å². The van der Waals surface area contributed by atoms with Gasteiger partial charge >= 0.3 is 5.97 Å². The molecule has 2 N–H and O–H groups in total. The van der Waals surface area contributed by atoms with E-state index in [4.69, 9.17) is 21.4 Å². The maximum Gasteiger partial charge on any atom is 0.303 e. The average Bonchev–Trinajstić information content (AvgIpc) is 2.42. The highest BCUT2D eigenvalue weighted by Crippen LogP contribution is 2.41. The summed E-state index contributed by atoms with van der Waals surface area (Å²) in [7, 11) is 1.47. The number of hydrogen-bond donors (Lipinski definition) is 2. The zero-order valence-corrected chi connectivity index (χ0v) is 13.4. The summed E-state index contributed by atoms with van der Waals surface area (Å²) in [5.74, 6) is -0.867. The molecule has 0 saturated heterocycles. The van der Waals surface area contributed by atoms with E-state index in [2.05, 4.69) is 5.09 Å². The van der Waals surface area contributed by atoms with Gasteiger partial charge in [0, 0.05) is 37.0 Å². The first-order valence-corrected chi connectivity index (χ1v) is 8.90. The molecule has 9 heteroatoms. The third kappa shape index (κ3) is 4.86. The molecule has 0 spiro atoms. The number of aryl methyl sites for hydroxylation is 1. The number of aliphatic carboxylic acids is 1. The third-order valence-electron chi connectivity index (χ3n) is 2.86. The molecule has 0 radical (unpaired) electrons. The smallest absolute Gasteiger partial charge is 0.303 e. The first-order valence-electron chi connectivity index (χ1n) is 6.18. The lowest BCUT2D eigenvalue weighted by molar-refractivity contribution is -0.385. The molecule has 0 amide bonds. The van der Waals surface area contributed by atoms with Crippen molar-refractivity contribution in [3.8, 4) is 0 Å². The van der Waals surface area contributed by atoms with E-state index in [1.165, 1.54) is 13.2 Å². The van der Waals surface area contributed by atoms with Crippen molar-refractivity contribution in [3.05, 3.63) is 33.9 Å². The van der Waals surface area contributed by atoms with Crippen molar-refractivity contribution in [2.75, 3.05) is 13.7 Å². The van der Waals surface area contributed by atoms with E-state index in [1.807, 2.05) is 0 Å². The number of nitro benzene ring substituents is 1. The maximum atomic E-state index is 10.8. The molecule has 1 aromatic rings. The Hall–Kier alpha value is -1.34. The minimum atomic E-state index is -2.52. The van der Waals surface area contributed by atoms with Crippen molar-refractivity contribution >= 4 is 35.2 Å². The number of carboxylic acid groups (broad SMARTS) is 1. The van der Waals surface area contributed by atoms with Crippen molar-refractivity contribution in [2.45, 2.75) is 19.8 Å². The minimum absolute atomic E-state index is 0.0299. The third-order valence-corrected chi connectivity index (χ3v) is 6.44. The molecule has 0 aliphatic heterocycles. The number of carbonyl (C=O) groups is 1. The van der Waals surface area contributed by atoms with Crippen molar-refractivity contribution in [3.63, 3.8) is 0 Å². The van der Waals surface area contributed by atoms with E-state index in [0.29, 0.717) is 23.8 Å². The molecule has 7 nitrogen and oxygen atoms in total. The molecule has 1 rings (SSSR count). The van der Waals surface area contributed by atoms with Crippen molar-refractivity contribution in [1.29, 1.82) is 0 Å². The molecule has 21 heavy (non-hydrogen) atoms. The lowest BCUT2D eigenvalue weighted by atomic mass is 10.2. The van der Waals surface area contributed by atoms with Gasteiger partial charge in [0.05, 0.1) is 4.92 Å². The number of rotatable bonds is 8. The van der Waals surface area contributed by atoms with Crippen LogP contribution in [0.3, 0.4) is 0 Å². The summed E-state index contributed by atoms with van der Waals surface area (Å²) in [5.41, 5.74) is 0.540. The van der Waals surface area contributed by atoms with Gasteiger partial charge in [-0.2, -0.15) is 0 Å². The summed E-state index contributed by atoms with van der Waals surface area (Å²) in [5, 5.41) is 23.2. The normalized spacial score (nSPS) is 13.6. The van der Waals surface area contributed by atoms with Gasteiger partial charge in [0.25, 0.3) is 5.69 Å². The summed E-state index contributed by atoms with van der Waals surface area (Å²) in [6, 6.07) is 4.63. The molecular weight excluding hydrogens is 315 g/mol. The predicted octanol–water partition coefficient (Wildman–Crippen LogP) is 1.94. The van der Waals surface area contributed by atoms with Gasteiger partial charge in [-0.1, -0.05) is 0 Å². The van der Waals surface area contributed by atoms with Crippen LogP contribution in [0.4, 0.5) is 5.69 Å². The molecule has 1 unspecified atom stereocenters. The van der Waals surface area contributed by atoms with Gasteiger partial charge in [-0.3, -0.25) is 20.0 Å². The van der Waals surface area contributed by atoms with E-state index in [9.17, 15) is 14.9 Å². The van der Waals surface area contributed by atoms with Gasteiger partial charge in [0.1, 0.15) is 0 Å². The molecule has 0 saturated carbocycles. The molecule has 1 aromatic carbocycles. The second kappa shape index (κ2) is 7.61. The second-order valence-electron chi connectivity index (χ2n) is 4.37. The molecule has 116 valence electrons. The number of nitrogens with zero attached hydrogens (tertiary/aromatic N) is 1. The Bertz CT molecular complexity index is 593. The second-order valence-corrected chi connectivity index (χ2v) is 8.21. The van der Waals surface area contributed by atoms with Crippen LogP contribution in [0, 0.1) is 17.0 Å². The summed E-state index contributed by atoms with van der Waals surface area (Å²) in [6.45, 7) is 2.05. The fraction of sp³-hybridized carbons (Fsp3) is 0.417. The van der Waals surface area contributed by atoms with E-state index in [1.54, 1.807) is 19.1 Å². The topological polar surface area (TPSA) is 102 Å². The Morgan fingerprint density at radius 3 is 2.71 bits per heavy atom. The zero-order valence-electron chi connectivity index (χ0n) is 11.7. The Morgan fingerprint density at radius 2 is 2.24 bits per heavy atom. The van der Waals surface area contributed by atoms with E-state index in [0.717, 1.165) is 0 Å². The van der Waals surface area contributed by atoms with E-state index < -0.39 is 17.3 Å². The summed E-state index contributed by atoms with van der Waals surface area (Å²) in [4.78, 5) is 20.8. The highest BCUT2D eigenvalue weighted by Gasteiger charge is 2.21. The first kappa shape index (κ1) is 17.7. The lowest BCUT2D eigenvalue weighted by Crippen LogP contribution is -2.22. The number of benzene rings is 1. The molecule has 0 aromatic heterocycles. The van der Waals surface area contributed by atoms with Crippen molar-refractivity contribution in [1.82, 2.24) is 5.09 Å². The number of carboxylic acids is 1. The Morgan fingerprint density at radius 1 is 1.57 bits per heavy atom. The predicted molar refractivity (Wildman–Crippen MR) is 83.6 cm³/mol. The molecule has 1 atom stereocenters. The van der Waals surface area contributed by atoms with Gasteiger partial charge in [0.15, 0.2) is 6.42 Å². The van der Waals surface area contributed by atoms with Gasteiger partial charge in [-0.15, -0.1) is 0 Å². The average molecular weight is 332 g/mol. The highest BCUT2D eigenvalue weighted by molar-refractivity contribution is 8.14. The van der Waals surface area contributed by atoms with Crippen LogP contribution >= 0.6 is 6.42 Å². The minimum Gasteiger partial charge on any atom is -0.481 e. The zero-order chi connectivity index (χ0) is 16.0. The molecule has 0 heterocycles. The Kier molecular flexibility index (Phi) is 6.42. The van der Waals surface area contributed by atoms with Crippen LogP contribution in [0.1, 0.15) is 18.4 Å². The van der Waals surface area contributed by atoms with Crippen LogP contribution in [0.2, 0.25) is 0 Å². The van der Waals surface area contributed by atoms with Crippen LogP contribution in [0.5, 0.6) is 0 Å².